The first-order valence-electron chi connectivity index (χ1n) is 12.2. The number of carbonyl (C=O) groups is 1. The summed E-state index contributed by atoms with van der Waals surface area (Å²) < 4.78 is 6.86. The van der Waals surface area contributed by atoms with Gasteiger partial charge < -0.3 is 19.8 Å². The Kier molecular flexibility index (Phi) is 6.45. The molecule has 1 aliphatic rings. The number of aromatic nitrogens is 2. The van der Waals surface area contributed by atoms with E-state index in [9.17, 15) is 14.7 Å². The minimum Gasteiger partial charge on any atom is -0.497 e. The number of fused-ring (bicyclic) bond motifs is 2. The van der Waals surface area contributed by atoms with E-state index in [1.165, 1.54) is 4.68 Å². The Morgan fingerprint density at radius 2 is 1.84 bits per heavy atom. The molecule has 1 amide bonds. The molecule has 0 fully saturated rings. The van der Waals surface area contributed by atoms with Crippen molar-refractivity contribution in [2.75, 3.05) is 18.6 Å². The number of aliphatic hydroxyl groups excluding tert-OH is 1. The number of H-pyrrole nitrogens is 1. The standard InChI is InChI=1S/C29H29N3O5/c1-19(7-5-6-16-33)29(36)24-17-22(37-2)14-15-26(24)31(28(29)35)18-20-10-12-21(13-11-20)32-27(34)23-8-3-4-9-25(23)30-32/h3-5,7-15,17,19,30,33,36H,6,16,18H2,1-2H3/b7-5+/t19-,29+/m1/s1. The Labute approximate surface area is 214 Å². The van der Waals surface area contributed by atoms with E-state index in [1.54, 1.807) is 55.4 Å². The molecular weight excluding hydrogens is 470 g/mol. The molecule has 37 heavy (non-hydrogen) atoms. The van der Waals surface area contributed by atoms with Crippen LogP contribution < -0.4 is 15.2 Å². The molecule has 0 unspecified atom stereocenters. The van der Waals surface area contributed by atoms with Crippen molar-refractivity contribution in [2.24, 2.45) is 5.92 Å². The summed E-state index contributed by atoms with van der Waals surface area (Å²) in [5.41, 5.74) is 1.48. The summed E-state index contributed by atoms with van der Waals surface area (Å²) in [5.74, 6) is -0.405. The minimum absolute atomic E-state index is 0.00718. The van der Waals surface area contributed by atoms with Crippen molar-refractivity contribution in [3.05, 3.63) is 100 Å². The number of anilines is 1. The fraction of sp³-hybridized carbons (Fsp3) is 0.241. The second-order valence-electron chi connectivity index (χ2n) is 9.23. The highest BCUT2D eigenvalue weighted by molar-refractivity contribution is 6.07. The molecule has 190 valence electrons. The van der Waals surface area contributed by atoms with Crippen LogP contribution in [0.4, 0.5) is 5.69 Å². The van der Waals surface area contributed by atoms with Gasteiger partial charge in [0, 0.05) is 18.1 Å². The third-order valence-electron chi connectivity index (χ3n) is 6.98. The number of nitrogens with zero attached hydrogens (tertiary/aromatic N) is 2. The first-order chi connectivity index (χ1) is 17.9. The molecule has 0 radical (unpaired) electrons. The van der Waals surface area contributed by atoms with Gasteiger partial charge in [0.05, 0.1) is 35.9 Å². The lowest BCUT2D eigenvalue weighted by atomic mass is 9.83. The van der Waals surface area contributed by atoms with E-state index in [0.717, 1.165) is 11.1 Å². The second kappa shape index (κ2) is 9.72. The fourth-order valence-electron chi connectivity index (χ4n) is 4.90. The van der Waals surface area contributed by atoms with Gasteiger partial charge in [-0.1, -0.05) is 43.3 Å². The Bertz CT molecular complexity index is 1540. The monoisotopic (exact) mass is 499 g/mol. The van der Waals surface area contributed by atoms with Crippen LogP contribution in [-0.2, 0) is 16.9 Å². The SMILES string of the molecule is COc1ccc2c(c1)[C@@](O)([C@H](C)/C=C/CCO)C(=O)N2Cc1ccc(-n2[nH]c3ccccc3c2=O)cc1. The fourth-order valence-corrected chi connectivity index (χ4v) is 4.90. The van der Waals surface area contributed by atoms with Crippen molar-refractivity contribution in [3.63, 3.8) is 0 Å². The van der Waals surface area contributed by atoms with Gasteiger partial charge in [-0.05, 0) is 54.4 Å². The maximum absolute atomic E-state index is 13.7. The highest BCUT2D eigenvalue weighted by Gasteiger charge is 2.52. The van der Waals surface area contributed by atoms with Crippen LogP contribution in [0.1, 0.15) is 24.5 Å². The van der Waals surface area contributed by atoms with Gasteiger partial charge in [0.25, 0.3) is 11.5 Å². The highest BCUT2D eigenvalue weighted by atomic mass is 16.5. The number of methoxy groups -OCH3 is 1. The number of rotatable bonds is 8. The van der Waals surface area contributed by atoms with Gasteiger partial charge in [0.15, 0.2) is 5.60 Å². The van der Waals surface area contributed by atoms with Crippen LogP contribution in [0.15, 0.2) is 83.7 Å². The van der Waals surface area contributed by atoms with Gasteiger partial charge in [-0.15, -0.1) is 0 Å². The lowest BCUT2D eigenvalue weighted by molar-refractivity contribution is -0.139. The number of aliphatic hydroxyl groups is 2. The molecule has 0 bridgehead atoms. The van der Waals surface area contributed by atoms with Crippen molar-refractivity contribution in [1.82, 2.24) is 9.78 Å². The molecular formula is C29H29N3O5. The zero-order chi connectivity index (χ0) is 26.2. The van der Waals surface area contributed by atoms with Gasteiger partial charge in [-0.3, -0.25) is 14.7 Å². The van der Waals surface area contributed by atoms with Gasteiger partial charge in [-0.2, -0.15) is 0 Å². The number of nitrogens with one attached hydrogen (secondary N) is 1. The van der Waals surface area contributed by atoms with Crippen LogP contribution in [0.5, 0.6) is 5.75 Å². The number of carbonyl (C=O) groups excluding carboxylic acids is 1. The van der Waals surface area contributed by atoms with Crippen molar-refractivity contribution in [3.8, 4) is 11.4 Å². The number of hydrogen-bond donors (Lipinski definition) is 3. The summed E-state index contributed by atoms with van der Waals surface area (Å²) >= 11 is 0. The molecule has 1 aromatic heterocycles. The van der Waals surface area contributed by atoms with Crippen molar-refractivity contribution < 1.29 is 19.7 Å². The maximum atomic E-state index is 13.7. The van der Waals surface area contributed by atoms with E-state index in [4.69, 9.17) is 9.84 Å². The minimum atomic E-state index is -1.77. The topological polar surface area (TPSA) is 108 Å². The first kappa shape index (κ1) is 24.5. The molecule has 0 spiro atoms. The maximum Gasteiger partial charge on any atom is 0.279 e. The largest absolute Gasteiger partial charge is 0.497 e. The third-order valence-corrected chi connectivity index (χ3v) is 6.98. The van der Waals surface area contributed by atoms with Crippen LogP contribution in [0.25, 0.3) is 16.6 Å². The quantitative estimate of drug-likeness (QED) is 0.321. The Hall–Kier alpha value is -4.14. The van der Waals surface area contributed by atoms with Gasteiger partial charge in [0.2, 0.25) is 0 Å². The van der Waals surface area contributed by atoms with Crippen LogP contribution in [0, 0.1) is 5.92 Å². The highest BCUT2D eigenvalue weighted by Crippen LogP contribution is 2.47. The average Bonchev–Trinajstić information content (AvgIpc) is 3.37. The summed E-state index contributed by atoms with van der Waals surface area (Å²) in [6.45, 7) is 2.02. The smallest absolute Gasteiger partial charge is 0.279 e. The molecule has 0 aliphatic carbocycles. The van der Waals surface area contributed by atoms with Crippen molar-refractivity contribution in [2.45, 2.75) is 25.5 Å². The molecule has 8 nitrogen and oxygen atoms in total. The third kappa shape index (κ3) is 4.14. The molecule has 3 N–H and O–H groups in total. The molecule has 8 heteroatoms. The molecule has 5 rings (SSSR count). The molecule has 0 saturated heterocycles. The molecule has 3 aromatic carbocycles. The predicted molar refractivity (Wildman–Crippen MR) is 142 cm³/mol. The van der Waals surface area contributed by atoms with Crippen molar-refractivity contribution in [1.29, 1.82) is 0 Å². The molecule has 4 aromatic rings. The number of para-hydroxylation sites is 1. The molecule has 0 saturated carbocycles. The normalized spacial score (nSPS) is 18.1. The molecule has 1 aliphatic heterocycles. The molecule has 2 atom stereocenters. The van der Waals surface area contributed by atoms with Crippen LogP contribution in [0.2, 0.25) is 0 Å². The van der Waals surface area contributed by atoms with Crippen LogP contribution >= 0.6 is 0 Å². The Morgan fingerprint density at radius 3 is 2.54 bits per heavy atom. The zero-order valence-electron chi connectivity index (χ0n) is 20.7. The van der Waals surface area contributed by atoms with E-state index in [2.05, 4.69) is 5.10 Å². The zero-order valence-corrected chi connectivity index (χ0v) is 20.7. The Balaban J connectivity index is 1.46. The van der Waals surface area contributed by atoms with E-state index in [-0.39, 0.29) is 18.7 Å². The number of hydrogen-bond acceptors (Lipinski definition) is 5. The van der Waals surface area contributed by atoms with Gasteiger partial charge in [0.1, 0.15) is 5.75 Å². The number of ether oxygens (including phenoxy) is 1. The van der Waals surface area contributed by atoms with E-state index >= 15 is 0 Å². The van der Waals surface area contributed by atoms with Crippen LogP contribution in [0.3, 0.4) is 0 Å². The summed E-state index contributed by atoms with van der Waals surface area (Å²) in [7, 11) is 1.54. The van der Waals surface area contributed by atoms with E-state index < -0.39 is 17.4 Å². The van der Waals surface area contributed by atoms with E-state index in [1.807, 2.05) is 42.5 Å². The molecule has 2 heterocycles. The van der Waals surface area contributed by atoms with E-state index in [0.29, 0.717) is 34.5 Å². The Morgan fingerprint density at radius 1 is 1.08 bits per heavy atom. The van der Waals surface area contributed by atoms with Gasteiger partial charge in [-0.25, -0.2) is 4.68 Å². The summed E-state index contributed by atoms with van der Waals surface area (Å²) in [4.78, 5) is 28.1. The average molecular weight is 500 g/mol. The summed E-state index contributed by atoms with van der Waals surface area (Å²) in [6, 6.07) is 20.0. The second-order valence-corrected chi connectivity index (χ2v) is 9.23. The van der Waals surface area contributed by atoms with Crippen LogP contribution in [-0.4, -0.2) is 39.6 Å². The first-order valence-corrected chi connectivity index (χ1v) is 12.2. The summed E-state index contributed by atoms with van der Waals surface area (Å²) in [5, 5.41) is 24.6. The lowest BCUT2D eigenvalue weighted by Crippen LogP contribution is -2.44. The lowest BCUT2D eigenvalue weighted by Gasteiger charge is -2.27. The predicted octanol–water partition coefficient (Wildman–Crippen LogP) is 3.64. The number of amides is 1. The van der Waals surface area contributed by atoms with Gasteiger partial charge >= 0.3 is 0 Å². The number of aromatic amines is 1. The summed E-state index contributed by atoms with van der Waals surface area (Å²) in [6.07, 6.45) is 3.96. The van der Waals surface area contributed by atoms with Crippen molar-refractivity contribution >= 4 is 22.5 Å². The number of benzene rings is 3.